The van der Waals surface area contributed by atoms with Crippen LogP contribution < -0.4 is 5.32 Å². The summed E-state index contributed by atoms with van der Waals surface area (Å²) in [6.45, 7) is 5.56. The summed E-state index contributed by atoms with van der Waals surface area (Å²) >= 11 is 1.61. The van der Waals surface area contributed by atoms with Crippen LogP contribution in [0.3, 0.4) is 0 Å². The highest BCUT2D eigenvalue weighted by molar-refractivity contribution is 7.16. The molecule has 0 saturated heterocycles. The first-order valence-corrected chi connectivity index (χ1v) is 9.18. The first-order valence-electron chi connectivity index (χ1n) is 8.37. The molecule has 0 aliphatic carbocycles. The van der Waals surface area contributed by atoms with Crippen LogP contribution in [0.15, 0.2) is 24.7 Å². The Morgan fingerprint density at radius 3 is 3.16 bits per heavy atom. The normalized spacial score (nSPS) is 14.3. The Kier molecular flexibility index (Phi) is 3.42. The van der Waals surface area contributed by atoms with Crippen LogP contribution in [0.1, 0.15) is 16.4 Å². The highest BCUT2D eigenvalue weighted by Crippen LogP contribution is 2.20. The maximum Gasteiger partial charge on any atom is 0.212 e. The molecule has 1 aliphatic rings. The van der Waals surface area contributed by atoms with Gasteiger partial charge < -0.3 is 9.88 Å². The fraction of sp³-hybridized carbons (Fsp3) is 0.375. The maximum atomic E-state index is 4.71. The molecular weight excluding hydrogens is 336 g/mol. The predicted molar refractivity (Wildman–Crippen MR) is 94.5 cm³/mol. The summed E-state index contributed by atoms with van der Waals surface area (Å²) in [6, 6.07) is 2.13. The highest BCUT2D eigenvalue weighted by Gasteiger charge is 2.16. The predicted octanol–water partition coefficient (Wildman–Crippen LogP) is 1.51. The minimum absolute atomic E-state index is 0.819. The molecule has 0 bridgehead atoms. The average molecular weight is 354 g/mol. The van der Waals surface area contributed by atoms with E-state index in [-0.39, 0.29) is 0 Å². The second kappa shape index (κ2) is 5.78. The van der Waals surface area contributed by atoms with Crippen LogP contribution in [0.2, 0.25) is 0 Å². The SMILES string of the molecule is Cc1nn2cc(CCn3ccnc3-c3cc4n(n3)CCNC4)nc2s1. The topological polar surface area (TPSA) is 77.9 Å². The quantitative estimate of drug-likeness (QED) is 0.601. The van der Waals surface area contributed by atoms with E-state index >= 15 is 0 Å². The number of rotatable bonds is 4. The molecule has 4 aromatic heterocycles. The standard InChI is InChI=1S/C16H18N8S/c1-11-20-24-10-12(19-16(24)25-11)2-5-22-6-4-18-15(22)14-8-13-9-17-3-7-23(13)21-14/h4,6,8,10,17H,2-3,5,7,9H2,1H3. The molecule has 1 aliphatic heterocycles. The van der Waals surface area contributed by atoms with Crippen molar-refractivity contribution in [2.45, 2.75) is 33.0 Å². The lowest BCUT2D eigenvalue weighted by molar-refractivity contribution is 0.476. The van der Waals surface area contributed by atoms with Crippen molar-refractivity contribution in [3.8, 4) is 11.5 Å². The lowest BCUT2D eigenvalue weighted by Gasteiger charge is -2.13. The number of hydrogen-bond donors (Lipinski definition) is 1. The Balaban J connectivity index is 1.37. The monoisotopic (exact) mass is 354 g/mol. The molecule has 128 valence electrons. The van der Waals surface area contributed by atoms with E-state index in [0.29, 0.717) is 0 Å². The van der Waals surface area contributed by atoms with Gasteiger partial charge in [0.2, 0.25) is 4.96 Å². The molecule has 1 N–H and O–H groups in total. The van der Waals surface area contributed by atoms with Gasteiger partial charge in [-0.15, -0.1) is 0 Å². The Bertz CT molecular complexity index is 981. The Morgan fingerprint density at radius 2 is 2.28 bits per heavy atom. The zero-order valence-corrected chi connectivity index (χ0v) is 14.7. The molecule has 8 nitrogen and oxygen atoms in total. The molecule has 9 heteroatoms. The minimum atomic E-state index is 0.819. The lowest BCUT2D eigenvalue weighted by Crippen LogP contribution is -2.28. The number of hydrogen-bond acceptors (Lipinski definition) is 6. The largest absolute Gasteiger partial charge is 0.329 e. The van der Waals surface area contributed by atoms with E-state index in [9.17, 15) is 0 Å². The van der Waals surface area contributed by atoms with Crippen molar-refractivity contribution >= 4 is 16.3 Å². The summed E-state index contributed by atoms with van der Waals surface area (Å²) in [5.41, 5.74) is 3.20. The molecular formula is C16H18N8S. The fourth-order valence-electron chi connectivity index (χ4n) is 3.23. The van der Waals surface area contributed by atoms with Crippen LogP contribution in [-0.2, 0) is 26.1 Å². The first kappa shape index (κ1) is 14.8. The van der Waals surface area contributed by atoms with Gasteiger partial charge in [-0.1, -0.05) is 11.3 Å². The van der Waals surface area contributed by atoms with E-state index in [0.717, 1.165) is 59.8 Å². The molecule has 0 saturated carbocycles. The molecule has 0 radical (unpaired) electrons. The third-order valence-electron chi connectivity index (χ3n) is 4.42. The molecule has 25 heavy (non-hydrogen) atoms. The molecule has 0 atom stereocenters. The second-order valence-corrected chi connectivity index (χ2v) is 7.36. The number of imidazole rings is 2. The maximum absolute atomic E-state index is 4.71. The van der Waals surface area contributed by atoms with Crippen LogP contribution >= 0.6 is 11.3 Å². The minimum Gasteiger partial charge on any atom is -0.329 e. The summed E-state index contributed by atoms with van der Waals surface area (Å²) < 4.78 is 6.08. The summed E-state index contributed by atoms with van der Waals surface area (Å²) in [4.78, 5) is 10.1. The van der Waals surface area contributed by atoms with Crippen molar-refractivity contribution in [3.63, 3.8) is 0 Å². The van der Waals surface area contributed by atoms with Gasteiger partial charge in [-0.3, -0.25) is 4.68 Å². The number of nitrogens with zero attached hydrogens (tertiary/aromatic N) is 7. The van der Waals surface area contributed by atoms with Gasteiger partial charge in [-0.05, 0) is 13.0 Å². The van der Waals surface area contributed by atoms with Crippen molar-refractivity contribution in [1.82, 2.24) is 39.2 Å². The molecule has 0 fully saturated rings. The van der Waals surface area contributed by atoms with E-state index in [2.05, 4.69) is 35.7 Å². The smallest absolute Gasteiger partial charge is 0.212 e. The summed E-state index contributed by atoms with van der Waals surface area (Å²) in [7, 11) is 0. The Hall–Kier alpha value is -2.52. The van der Waals surface area contributed by atoms with Gasteiger partial charge in [0.15, 0.2) is 5.82 Å². The van der Waals surface area contributed by atoms with Gasteiger partial charge in [0.05, 0.1) is 24.1 Å². The van der Waals surface area contributed by atoms with Crippen molar-refractivity contribution in [3.05, 3.63) is 41.1 Å². The molecule has 0 spiro atoms. The molecule has 0 amide bonds. The van der Waals surface area contributed by atoms with Crippen molar-refractivity contribution < 1.29 is 0 Å². The fourth-order valence-corrected chi connectivity index (χ4v) is 3.97. The van der Waals surface area contributed by atoms with Crippen LogP contribution in [-0.4, -0.2) is 40.5 Å². The number of aryl methyl sites for hydroxylation is 3. The van der Waals surface area contributed by atoms with Crippen LogP contribution in [0.5, 0.6) is 0 Å². The van der Waals surface area contributed by atoms with Crippen molar-refractivity contribution in [2.75, 3.05) is 6.54 Å². The van der Waals surface area contributed by atoms with Gasteiger partial charge in [-0.25, -0.2) is 14.5 Å². The summed E-state index contributed by atoms with van der Waals surface area (Å²) in [6.07, 6.45) is 6.69. The summed E-state index contributed by atoms with van der Waals surface area (Å²) in [5, 5.41) is 13.5. The van der Waals surface area contributed by atoms with Gasteiger partial charge in [0.25, 0.3) is 0 Å². The van der Waals surface area contributed by atoms with Crippen molar-refractivity contribution in [2.24, 2.45) is 0 Å². The number of fused-ring (bicyclic) bond motifs is 2. The van der Waals surface area contributed by atoms with Gasteiger partial charge in [0, 0.05) is 38.4 Å². The van der Waals surface area contributed by atoms with Gasteiger partial charge in [0.1, 0.15) is 10.7 Å². The molecule has 4 aromatic rings. The van der Waals surface area contributed by atoms with E-state index in [1.54, 1.807) is 11.3 Å². The number of nitrogens with one attached hydrogen (secondary N) is 1. The number of aromatic nitrogens is 7. The molecule has 0 unspecified atom stereocenters. The zero-order valence-electron chi connectivity index (χ0n) is 13.9. The Labute approximate surface area is 148 Å². The third-order valence-corrected chi connectivity index (χ3v) is 5.26. The third kappa shape index (κ3) is 2.65. The molecule has 0 aromatic carbocycles. The van der Waals surface area contributed by atoms with E-state index in [1.807, 2.05) is 30.0 Å². The zero-order chi connectivity index (χ0) is 16.8. The second-order valence-electron chi connectivity index (χ2n) is 6.20. The van der Waals surface area contributed by atoms with E-state index < -0.39 is 0 Å². The van der Waals surface area contributed by atoms with Crippen LogP contribution in [0.25, 0.3) is 16.5 Å². The van der Waals surface area contributed by atoms with Crippen LogP contribution in [0.4, 0.5) is 0 Å². The van der Waals surface area contributed by atoms with Crippen LogP contribution in [0, 0.1) is 6.92 Å². The first-order chi connectivity index (χ1) is 12.3. The molecule has 5 rings (SSSR count). The highest BCUT2D eigenvalue weighted by atomic mass is 32.1. The van der Waals surface area contributed by atoms with E-state index in [4.69, 9.17) is 5.10 Å². The van der Waals surface area contributed by atoms with Gasteiger partial charge in [-0.2, -0.15) is 10.2 Å². The average Bonchev–Trinajstić information content (AvgIpc) is 3.34. The molecule has 5 heterocycles. The summed E-state index contributed by atoms with van der Waals surface area (Å²) in [5.74, 6) is 0.914. The van der Waals surface area contributed by atoms with Gasteiger partial charge >= 0.3 is 0 Å². The lowest BCUT2D eigenvalue weighted by atomic mass is 10.3. The van der Waals surface area contributed by atoms with Crippen molar-refractivity contribution in [1.29, 1.82) is 0 Å². The Morgan fingerprint density at radius 1 is 1.32 bits per heavy atom. The van der Waals surface area contributed by atoms with E-state index in [1.165, 1.54) is 5.69 Å².